The minimum Gasteiger partial charge on any atom is -0.392 e. The van der Waals surface area contributed by atoms with Gasteiger partial charge in [-0.2, -0.15) is 0 Å². The Kier molecular flexibility index (Phi) is 8.54. The molecule has 0 fully saturated rings. The average molecular weight is 445 g/mol. The summed E-state index contributed by atoms with van der Waals surface area (Å²) in [5, 5.41) is 9.94. The number of anilines is 1. The monoisotopic (exact) mass is 444 g/mol. The molecular formula is C23H22Cl2N2O3. The fraction of sp³-hybridized carbons (Fsp3) is 0.174. The summed E-state index contributed by atoms with van der Waals surface area (Å²) >= 11 is 11.8. The number of halogens is 2. The molecule has 0 bridgehead atoms. The molecule has 7 heteroatoms. The number of aliphatic hydroxyl groups excluding tert-OH is 1. The van der Waals surface area contributed by atoms with E-state index in [9.17, 15) is 9.59 Å². The first kappa shape index (κ1) is 23.5. The zero-order valence-corrected chi connectivity index (χ0v) is 18.4. The zero-order valence-electron chi connectivity index (χ0n) is 16.9. The summed E-state index contributed by atoms with van der Waals surface area (Å²) in [4.78, 5) is 28.5. The number of benzene rings is 2. The molecule has 3 aromatic rings. The molecular weight excluding hydrogens is 423 g/mol. The summed E-state index contributed by atoms with van der Waals surface area (Å²) in [6.45, 7) is 3.62. The van der Waals surface area contributed by atoms with E-state index in [2.05, 4.69) is 4.98 Å². The number of carbonyl (C=O) groups excluding carboxylic acids is 2. The number of hydrogen-bond acceptors (Lipinski definition) is 4. The van der Waals surface area contributed by atoms with Gasteiger partial charge in [-0.3, -0.25) is 14.5 Å². The van der Waals surface area contributed by atoms with Gasteiger partial charge in [0.2, 0.25) is 0 Å². The van der Waals surface area contributed by atoms with Crippen LogP contribution in [0, 0.1) is 13.8 Å². The first-order valence-corrected chi connectivity index (χ1v) is 9.85. The molecule has 1 aromatic heterocycles. The molecule has 2 aromatic carbocycles. The molecule has 0 spiro atoms. The van der Waals surface area contributed by atoms with E-state index in [-0.39, 0.29) is 12.5 Å². The van der Waals surface area contributed by atoms with Crippen molar-refractivity contribution in [2.75, 3.05) is 11.9 Å². The van der Waals surface area contributed by atoms with Gasteiger partial charge < -0.3 is 5.11 Å². The highest BCUT2D eigenvalue weighted by atomic mass is 35.5. The van der Waals surface area contributed by atoms with Gasteiger partial charge in [0, 0.05) is 18.8 Å². The second kappa shape index (κ2) is 10.9. The van der Waals surface area contributed by atoms with Gasteiger partial charge in [-0.15, -0.1) is 0 Å². The Hall–Kier alpha value is -2.73. The van der Waals surface area contributed by atoms with Crippen molar-refractivity contribution in [3.8, 4) is 0 Å². The SMILES string of the molecule is Cc1cccc(Cl)c1C(=O)N(C)c1ccc(CO)cn1.Cc1cccc(Cl)c1C=O. The lowest BCUT2D eigenvalue weighted by Gasteiger charge is -2.18. The standard InChI is InChI=1S/C15H15ClN2O2.C8H7ClO/c1-10-4-3-5-12(16)14(10)15(20)18(2)13-7-6-11(9-19)8-17-13;1-6-3-2-4-8(9)7(6)5-10/h3-8,19H,9H2,1-2H3;2-5H,1H3. The quantitative estimate of drug-likeness (QED) is 0.556. The second-order valence-corrected chi connectivity index (χ2v) is 7.38. The molecule has 0 saturated carbocycles. The van der Waals surface area contributed by atoms with Gasteiger partial charge >= 0.3 is 0 Å². The van der Waals surface area contributed by atoms with E-state index in [0.717, 1.165) is 17.4 Å². The van der Waals surface area contributed by atoms with Crippen LogP contribution in [0.4, 0.5) is 5.82 Å². The van der Waals surface area contributed by atoms with E-state index in [4.69, 9.17) is 28.3 Å². The van der Waals surface area contributed by atoms with Crippen molar-refractivity contribution in [3.63, 3.8) is 0 Å². The lowest BCUT2D eigenvalue weighted by molar-refractivity contribution is 0.0991. The number of nitrogens with zero attached hydrogens (tertiary/aromatic N) is 2. The van der Waals surface area contributed by atoms with Crippen molar-refractivity contribution in [2.24, 2.45) is 0 Å². The van der Waals surface area contributed by atoms with E-state index >= 15 is 0 Å². The molecule has 0 radical (unpaired) electrons. The van der Waals surface area contributed by atoms with Crippen LogP contribution in [0.25, 0.3) is 0 Å². The van der Waals surface area contributed by atoms with Gasteiger partial charge in [-0.25, -0.2) is 4.98 Å². The first-order valence-electron chi connectivity index (χ1n) is 9.09. The summed E-state index contributed by atoms with van der Waals surface area (Å²) in [7, 11) is 1.64. The van der Waals surface area contributed by atoms with Crippen LogP contribution in [0.3, 0.4) is 0 Å². The lowest BCUT2D eigenvalue weighted by Crippen LogP contribution is -2.28. The topological polar surface area (TPSA) is 70.5 Å². The molecule has 30 heavy (non-hydrogen) atoms. The van der Waals surface area contributed by atoms with Crippen molar-refractivity contribution >= 4 is 41.2 Å². The van der Waals surface area contributed by atoms with Crippen LogP contribution >= 0.6 is 23.2 Å². The fourth-order valence-corrected chi connectivity index (χ4v) is 3.25. The van der Waals surface area contributed by atoms with E-state index in [1.165, 1.54) is 4.90 Å². The summed E-state index contributed by atoms with van der Waals surface area (Å²) in [6, 6.07) is 14.1. The third kappa shape index (κ3) is 5.66. The van der Waals surface area contributed by atoms with Crippen LogP contribution in [-0.2, 0) is 6.61 Å². The molecule has 5 nitrogen and oxygen atoms in total. The van der Waals surface area contributed by atoms with E-state index in [0.29, 0.717) is 32.6 Å². The van der Waals surface area contributed by atoms with Crippen LogP contribution in [-0.4, -0.2) is 29.3 Å². The number of amides is 1. The second-order valence-electron chi connectivity index (χ2n) is 6.57. The van der Waals surface area contributed by atoms with Crippen molar-refractivity contribution < 1.29 is 14.7 Å². The van der Waals surface area contributed by atoms with Crippen molar-refractivity contribution in [1.29, 1.82) is 0 Å². The Labute approximate surface area is 185 Å². The Morgan fingerprint density at radius 3 is 2.13 bits per heavy atom. The van der Waals surface area contributed by atoms with Gasteiger partial charge in [0.05, 0.1) is 22.2 Å². The van der Waals surface area contributed by atoms with Gasteiger partial charge in [-0.05, 0) is 48.7 Å². The maximum atomic E-state index is 12.5. The number of aldehydes is 1. The predicted octanol–water partition coefficient (Wildman–Crippen LogP) is 5.27. The molecule has 156 valence electrons. The minimum atomic E-state index is -0.211. The van der Waals surface area contributed by atoms with Gasteiger partial charge in [-0.1, -0.05) is 53.5 Å². The Bertz CT molecular complexity index is 997. The highest BCUT2D eigenvalue weighted by Gasteiger charge is 2.19. The average Bonchev–Trinajstić information content (AvgIpc) is 2.74. The summed E-state index contributed by atoms with van der Waals surface area (Å²) in [6.07, 6.45) is 2.32. The lowest BCUT2D eigenvalue weighted by atomic mass is 10.1. The highest BCUT2D eigenvalue weighted by molar-refractivity contribution is 6.34. The van der Waals surface area contributed by atoms with Gasteiger partial charge in [0.25, 0.3) is 5.91 Å². The summed E-state index contributed by atoms with van der Waals surface area (Å²) < 4.78 is 0. The number of hydrogen-bond donors (Lipinski definition) is 1. The number of carbonyl (C=O) groups is 2. The maximum absolute atomic E-state index is 12.5. The van der Waals surface area contributed by atoms with Gasteiger partial charge in [0.1, 0.15) is 5.82 Å². The molecule has 1 N–H and O–H groups in total. The minimum absolute atomic E-state index is 0.0748. The molecule has 0 aliphatic heterocycles. The molecule has 1 amide bonds. The van der Waals surface area contributed by atoms with Crippen molar-refractivity contribution in [2.45, 2.75) is 20.5 Å². The van der Waals surface area contributed by atoms with Gasteiger partial charge in [0.15, 0.2) is 6.29 Å². The molecule has 3 rings (SSSR count). The third-order valence-corrected chi connectivity index (χ3v) is 5.11. The first-order chi connectivity index (χ1) is 14.3. The Balaban J connectivity index is 0.000000269. The third-order valence-electron chi connectivity index (χ3n) is 4.46. The molecule has 0 atom stereocenters. The van der Waals surface area contributed by atoms with Crippen LogP contribution < -0.4 is 4.90 Å². The summed E-state index contributed by atoms with van der Waals surface area (Å²) in [5.74, 6) is 0.295. The van der Waals surface area contributed by atoms with Crippen molar-refractivity contribution in [3.05, 3.63) is 92.6 Å². The van der Waals surface area contributed by atoms with E-state index < -0.39 is 0 Å². The molecule has 1 heterocycles. The molecule has 0 aliphatic rings. The number of aliphatic hydroxyl groups is 1. The van der Waals surface area contributed by atoms with Crippen LogP contribution in [0.5, 0.6) is 0 Å². The van der Waals surface area contributed by atoms with Crippen LogP contribution in [0.15, 0.2) is 54.7 Å². The van der Waals surface area contributed by atoms with Crippen LogP contribution in [0.1, 0.15) is 37.4 Å². The van der Waals surface area contributed by atoms with Crippen molar-refractivity contribution in [1.82, 2.24) is 4.98 Å². The van der Waals surface area contributed by atoms with Crippen LogP contribution in [0.2, 0.25) is 10.0 Å². The predicted molar refractivity (Wildman–Crippen MR) is 121 cm³/mol. The summed E-state index contributed by atoms with van der Waals surface area (Å²) in [5.41, 5.74) is 3.50. The van der Waals surface area contributed by atoms with E-state index in [1.54, 1.807) is 37.5 Å². The number of pyridine rings is 1. The Morgan fingerprint density at radius 1 is 1.03 bits per heavy atom. The molecule has 0 unspecified atom stereocenters. The number of aryl methyl sites for hydroxylation is 2. The highest BCUT2D eigenvalue weighted by Crippen LogP contribution is 2.23. The molecule has 0 saturated heterocycles. The Morgan fingerprint density at radius 2 is 1.67 bits per heavy atom. The fourth-order valence-electron chi connectivity index (χ4n) is 2.68. The number of aromatic nitrogens is 1. The molecule has 0 aliphatic carbocycles. The zero-order chi connectivity index (χ0) is 22.3. The van der Waals surface area contributed by atoms with E-state index in [1.807, 2.05) is 38.1 Å². The normalized spacial score (nSPS) is 10.1. The smallest absolute Gasteiger partial charge is 0.260 e. The maximum Gasteiger partial charge on any atom is 0.260 e. The number of rotatable bonds is 4. The largest absolute Gasteiger partial charge is 0.392 e.